The van der Waals surface area contributed by atoms with Crippen molar-refractivity contribution in [3.63, 3.8) is 0 Å². The minimum atomic E-state index is -0.568. The maximum absolute atomic E-state index is 11.5. The summed E-state index contributed by atoms with van der Waals surface area (Å²) >= 11 is 0. The lowest BCUT2D eigenvalue weighted by molar-refractivity contribution is 0.100. The monoisotopic (exact) mass is 272 g/mol. The summed E-state index contributed by atoms with van der Waals surface area (Å²) in [5.41, 5.74) is 7.35. The Kier molecular flexibility index (Phi) is 4.27. The van der Waals surface area contributed by atoms with Crippen LogP contribution in [-0.4, -0.2) is 33.6 Å². The van der Waals surface area contributed by atoms with Crippen molar-refractivity contribution in [2.24, 2.45) is 5.73 Å². The molecule has 0 aliphatic heterocycles. The van der Waals surface area contributed by atoms with Crippen LogP contribution in [0, 0.1) is 0 Å². The van der Waals surface area contributed by atoms with Gasteiger partial charge in [-0.2, -0.15) is 0 Å². The second kappa shape index (κ2) is 6.12. The van der Waals surface area contributed by atoms with Crippen LogP contribution in [0.15, 0.2) is 36.8 Å². The molecule has 6 heteroatoms. The predicted octanol–water partition coefficient (Wildman–Crippen LogP) is 1.04. The molecule has 2 rings (SSSR count). The predicted molar refractivity (Wildman–Crippen MR) is 76.2 cm³/mol. The van der Waals surface area contributed by atoms with Gasteiger partial charge in [0.25, 0.3) is 5.91 Å². The highest BCUT2D eigenvalue weighted by Crippen LogP contribution is 2.22. The van der Waals surface area contributed by atoms with Crippen molar-refractivity contribution in [3.05, 3.63) is 42.4 Å². The number of nitrogens with two attached hydrogens (primary N) is 1. The van der Waals surface area contributed by atoms with E-state index in [1.165, 1.54) is 0 Å². The molecule has 104 valence electrons. The largest absolute Gasteiger partial charge is 0.392 e. The fourth-order valence-electron chi connectivity index (χ4n) is 1.74. The van der Waals surface area contributed by atoms with E-state index in [1.54, 1.807) is 31.6 Å². The van der Waals surface area contributed by atoms with Crippen LogP contribution in [0.5, 0.6) is 0 Å². The topological polar surface area (TPSA) is 101 Å². The average Bonchev–Trinajstić information content (AvgIpc) is 2.45. The lowest BCUT2D eigenvalue weighted by Crippen LogP contribution is -2.20. The molecule has 2 aromatic heterocycles. The molecule has 0 radical (unpaired) electrons. The van der Waals surface area contributed by atoms with Gasteiger partial charge in [0.15, 0.2) is 0 Å². The van der Waals surface area contributed by atoms with Gasteiger partial charge in [0.2, 0.25) is 0 Å². The number of nitrogens with one attached hydrogen (secondary N) is 1. The molecule has 2 aromatic rings. The SMILES string of the molecule is CC(O)CNc1ncc(-c2ccncc2)cc1C(N)=O. The molecule has 1 atom stereocenters. The number of carbonyl (C=O) groups is 1. The zero-order valence-electron chi connectivity index (χ0n) is 11.1. The molecule has 0 saturated heterocycles. The number of nitrogens with zero attached hydrogens (tertiary/aromatic N) is 2. The number of rotatable bonds is 5. The van der Waals surface area contributed by atoms with Crippen molar-refractivity contribution >= 4 is 11.7 Å². The summed E-state index contributed by atoms with van der Waals surface area (Å²) in [6.07, 6.45) is 4.43. The van der Waals surface area contributed by atoms with Crippen molar-refractivity contribution < 1.29 is 9.90 Å². The normalized spacial score (nSPS) is 11.9. The van der Waals surface area contributed by atoms with Crippen LogP contribution in [0.25, 0.3) is 11.1 Å². The second-order valence-corrected chi connectivity index (χ2v) is 4.45. The molecule has 1 amide bonds. The molecule has 1 unspecified atom stereocenters. The molecule has 0 aliphatic carbocycles. The van der Waals surface area contributed by atoms with E-state index in [2.05, 4.69) is 15.3 Å². The van der Waals surface area contributed by atoms with Gasteiger partial charge in [-0.05, 0) is 30.7 Å². The third-order valence-corrected chi connectivity index (χ3v) is 2.73. The smallest absolute Gasteiger partial charge is 0.252 e. The third-order valence-electron chi connectivity index (χ3n) is 2.73. The first-order chi connectivity index (χ1) is 9.58. The van der Waals surface area contributed by atoms with Gasteiger partial charge in [0, 0.05) is 30.7 Å². The lowest BCUT2D eigenvalue weighted by Gasteiger charge is -2.12. The van der Waals surface area contributed by atoms with Crippen LogP contribution in [0.3, 0.4) is 0 Å². The molecule has 0 aliphatic rings. The summed E-state index contributed by atoms with van der Waals surface area (Å²) in [6.45, 7) is 1.93. The summed E-state index contributed by atoms with van der Waals surface area (Å²) < 4.78 is 0. The van der Waals surface area contributed by atoms with Crippen molar-refractivity contribution in [1.29, 1.82) is 0 Å². The van der Waals surface area contributed by atoms with Gasteiger partial charge < -0.3 is 16.2 Å². The van der Waals surface area contributed by atoms with Crippen molar-refractivity contribution in [3.8, 4) is 11.1 Å². The molecule has 20 heavy (non-hydrogen) atoms. The molecule has 0 saturated carbocycles. The van der Waals surface area contributed by atoms with E-state index in [4.69, 9.17) is 5.73 Å². The first kappa shape index (κ1) is 14.0. The summed E-state index contributed by atoms with van der Waals surface area (Å²) in [5, 5.41) is 12.2. The number of pyridine rings is 2. The van der Waals surface area contributed by atoms with Gasteiger partial charge >= 0.3 is 0 Å². The molecule has 2 heterocycles. The second-order valence-electron chi connectivity index (χ2n) is 4.45. The number of aromatic nitrogens is 2. The quantitative estimate of drug-likeness (QED) is 0.754. The van der Waals surface area contributed by atoms with Crippen LogP contribution < -0.4 is 11.1 Å². The number of hydrogen-bond acceptors (Lipinski definition) is 5. The van der Waals surface area contributed by atoms with Crippen LogP contribution in [0.4, 0.5) is 5.82 Å². The van der Waals surface area contributed by atoms with E-state index in [0.717, 1.165) is 11.1 Å². The Bertz CT molecular complexity index is 599. The highest BCUT2D eigenvalue weighted by molar-refractivity contribution is 5.98. The first-order valence-electron chi connectivity index (χ1n) is 6.20. The van der Waals surface area contributed by atoms with Gasteiger partial charge in [-0.15, -0.1) is 0 Å². The van der Waals surface area contributed by atoms with E-state index in [-0.39, 0.29) is 0 Å². The van der Waals surface area contributed by atoms with Crippen LogP contribution in [-0.2, 0) is 0 Å². The van der Waals surface area contributed by atoms with E-state index in [9.17, 15) is 9.90 Å². The van der Waals surface area contributed by atoms with Gasteiger partial charge in [0.05, 0.1) is 11.7 Å². The van der Waals surface area contributed by atoms with Gasteiger partial charge in [-0.3, -0.25) is 9.78 Å². The third kappa shape index (κ3) is 3.30. The van der Waals surface area contributed by atoms with Crippen LogP contribution in [0.2, 0.25) is 0 Å². The Morgan fingerprint density at radius 3 is 2.70 bits per heavy atom. The minimum absolute atomic E-state index is 0.292. The molecule has 0 bridgehead atoms. The zero-order valence-corrected chi connectivity index (χ0v) is 11.1. The molecule has 0 aromatic carbocycles. The molecular weight excluding hydrogens is 256 g/mol. The van der Waals surface area contributed by atoms with Crippen LogP contribution >= 0.6 is 0 Å². The maximum atomic E-state index is 11.5. The molecule has 0 fully saturated rings. The molecule has 0 spiro atoms. The Hall–Kier alpha value is -2.47. The minimum Gasteiger partial charge on any atom is -0.392 e. The lowest BCUT2D eigenvalue weighted by atomic mass is 10.1. The van der Waals surface area contributed by atoms with E-state index in [0.29, 0.717) is 17.9 Å². The number of amides is 1. The standard InChI is InChI=1S/C14H16N4O2/c1-9(19)7-17-14-12(13(15)20)6-11(8-18-14)10-2-4-16-5-3-10/h2-6,8-9,19H,7H2,1H3,(H2,15,20)(H,17,18). The highest BCUT2D eigenvalue weighted by atomic mass is 16.3. The summed E-state index contributed by atoms with van der Waals surface area (Å²) in [6, 6.07) is 5.32. The Morgan fingerprint density at radius 1 is 1.40 bits per heavy atom. The van der Waals surface area contributed by atoms with E-state index in [1.807, 2.05) is 12.1 Å². The Morgan fingerprint density at radius 2 is 2.10 bits per heavy atom. The molecular formula is C14H16N4O2. The number of primary amides is 1. The number of carbonyl (C=O) groups excluding carboxylic acids is 1. The summed E-state index contributed by atoms with van der Waals surface area (Å²) in [4.78, 5) is 19.7. The number of anilines is 1. The van der Waals surface area contributed by atoms with Crippen LogP contribution in [0.1, 0.15) is 17.3 Å². The number of aliphatic hydroxyl groups excluding tert-OH is 1. The maximum Gasteiger partial charge on any atom is 0.252 e. The van der Waals surface area contributed by atoms with Gasteiger partial charge in [-0.25, -0.2) is 4.98 Å². The Labute approximate surface area is 116 Å². The fourth-order valence-corrected chi connectivity index (χ4v) is 1.74. The number of hydrogen-bond donors (Lipinski definition) is 3. The molecule has 4 N–H and O–H groups in total. The van der Waals surface area contributed by atoms with E-state index >= 15 is 0 Å². The summed E-state index contributed by atoms with van der Waals surface area (Å²) in [7, 11) is 0. The van der Waals surface area contributed by atoms with Gasteiger partial charge in [-0.1, -0.05) is 0 Å². The summed E-state index contributed by atoms with van der Waals surface area (Å²) in [5.74, 6) is -0.197. The van der Waals surface area contributed by atoms with Crippen molar-refractivity contribution in [2.45, 2.75) is 13.0 Å². The highest BCUT2D eigenvalue weighted by Gasteiger charge is 2.12. The fraction of sp³-hybridized carbons (Fsp3) is 0.214. The first-order valence-corrected chi connectivity index (χ1v) is 6.20. The van der Waals surface area contributed by atoms with Gasteiger partial charge in [0.1, 0.15) is 5.82 Å². The van der Waals surface area contributed by atoms with E-state index < -0.39 is 12.0 Å². The van der Waals surface area contributed by atoms with Crippen molar-refractivity contribution in [1.82, 2.24) is 9.97 Å². The average molecular weight is 272 g/mol. The number of aliphatic hydroxyl groups is 1. The Balaban J connectivity index is 2.35. The zero-order chi connectivity index (χ0) is 14.5. The van der Waals surface area contributed by atoms with Crippen molar-refractivity contribution in [2.75, 3.05) is 11.9 Å². The molecule has 6 nitrogen and oxygen atoms in total.